The van der Waals surface area contributed by atoms with E-state index in [1.54, 1.807) is 0 Å². The van der Waals surface area contributed by atoms with E-state index in [1.165, 1.54) is 19.3 Å². The summed E-state index contributed by atoms with van der Waals surface area (Å²) in [6, 6.07) is 13.2. The Labute approximate surface area is 159 Å². The Kier molecular flexibility index (Phi) is 4.30. The maximum absolute atomic E-state index is 13.9. The number of fused-ring (bicyclic) bond motifs is 1. The zero-order chi connectivity index (χ0) is 18.2. The van der Waals surface area contributed by atoms with Crippen molar-refractivity contribution in [3.05, 3.63) is 48.2 Å². The average molecular weight is 364 g/mol. The fourth-order valence-electron chi connectivity index (χ4n) is 4.64. The number of rotatable bonds is 3. The van der Waals surface area contributed by atoms with Gasteiger partial charge in [-0.2, -0.15) is 0 Å². The molecule has 1 aromatic heterocycles. The van der Waals surface area contributed by atoms with Crippen LogP contribution < -0.4 is 10.2 Å². The predicted octanol–water partition coefficient (Wildman–Crippen LogP) is 3.96. The third kappa shape index (κ3) is 3.09. The maximum Gasteiger partial charge on any atom is 0.140 e. The fraction of sp³-hybridized carbons (Fsp3) is 0.455. The largest absolute Gasteiger partial charge is 0.365 e. The summed E-state index contributed by atoms with van der Waals surface area (Å²) in [7, 11) is 0. The van der Waals surface area contributed by atoms with Gasteiger partial charge in [0.1, 0.15) is 17.8 Å². The number of hydrogen-bond donors (Lipinski definition) is 1. The van der Waals surface area contributed by atoms with Crippen LogP contribution in [-0.2, 0) is 0 Å². The van der Waals surface area contributed by atoms with Crippen molar-refractivity contribution < 1.29 is 4.39 Å². The van der Waals surface area contributed by atoms with Crippen molar-refractivity contribution in [2.75, 3.05) is 18.0 Å². The Bertz CT molecular complexity index is 851. The van der Waals surface area contributed by atoms with E-state index in [0.717, 1.165) is 34.8 Å². The van der Waals surface area contributed by atoms with E-state index in [9.17, 15) is 4.39 Å². The Morgan fingerprint density at radius 2 is 1.89 bits per heavy atom. The first-order valence-electron chi connectivity index (χ1n) is 10.1. The number of nitrogens with zero attached hydrogens (tertiary/aromatic N) is 3. The minimum absolute atomic E-state index is 0.359. The molecule has 2 aromatic rings. The number of aliphatic imine (C=N–C) groups is 1. The van der Waals surface area contributed by atoms with Gasteiger partial charge >= 0.3 is 0 Å². The molecule has 0 spiro atoms. The lowest BCUT2D eigenvalue weighted by Crippen LogP contribution is -2.37. The zero-order valence-corrected chi connectivity index (χ0v) is 15.4. The van der Waals surface area contributed by atoms with Gasteiger partial charge in [-0.3, -0.25) is 4.99 Å². The third-order valence-electron chi connectivity index (χ3n) is 6.03. The van der Waals surface area contributed by atoms with Crippen molar-refractivity contribution in [1.82, 2.24) is 10.3 Å². The molecule has 27 heavy (non-hydrogen) atoms. The van der Waals surface area contributed by atoms with Gasteiger partial charge in [-0.05, 0) is 36.5 Å². The third-order valence-corrected chi connectivity index (χ3v) is 6.03. The summed E-state index contributed by atoms with van der Waals surface area (Å²) in [5, 5.41) is 3.68. The maximum atomic E-state index is 13.9. The lowest BCUT2D eigenvalue weighted by Gasteiger charge is -2.24. The average Bonchev–Trinajstić information content (AvgIpc) is 3.34. The number of hydrogen-bond acceptors (Lipinski definition) is 4. The van der Waals surface area contributed by atoms with Crippen LogP contribution in [-0.4, -0.2) is 42.2 Å². The van der Waals surface area contributed by atoms with Gasteiger partial charge < -0.3 is 10.2 Å². The van der Waals surface area contributed by atoms with Crippen LogP contribution in [0.1, 0.15) is 37.7 Å². The molecule has 3 aliphatic rings. The van der Waals surface area contributed by atoms with E-state index < -0.39 is 6.17 Å². The van der Waals surface area contributed by atoms with E-state index in [1.807, 2.05) is 12.3 Å². The Morgan fingerprint density at radius 1 is 1.04 bits per heavy atom. The molecule has 140 valence electrons. The van der Waals surface area contributed by atoms with Crippen LogP contribution in [0, 0.1) is 0 Å². The topological polar surface area (TPSA) is 40.5 Å². The van der Waals surface area contributed by atoms with Gasteiger partial charge in [-0.15, -0.1) is 0 Å². The number of amidine groups is 1. The van der Waals surface area contributed by atoms with Gasteiger partial charge in [0.15, 0.2) is 0 Å². The second-order valence-electron chi connectivity index (χ2n) is 7.84. The van der Waals surface area contributed by atoms with E-state index in [4.69, 9.17) is 4.99 Å². The van der Waals surface area contributed by atoms with Crippen LogP contribution in [0.4, 0.5) is 10.2 Å². The van der Waals surface area contributed by atoms with Gasteiger partial charge in [-0.25, -0.2) is 9.37 Å². The van der Waals surface area contributed by atoms with Crippen molar-refractivity contribution in [2.24, 2.45) is 4.99 Å². The molecule has 1 N–H and O–H groups in total. The van der Waals surface area contributed by atoms with Crippen molar-refractivity contribution >= 4 is 11.7 Å². The summed E-state index contributed by atoms with van der Waals surface area (Å²) in [6.07, 6.45) is 6.47. The normalized spacial score (nSPS) is 27.2. The van der Waals surface area contributed by atoms with Crippen LogP contribution in [0.3, 0.4) is 0 Å². The highest BCUT2D eigenvalue weighted by Gasteiger charge is 2.35. The van der Waals surface area contributed by atoms with Crippen molar-refractivity contribution in [3.8, 4) is 11.1 Å². The fourth-order valence-corrected chi connectivity index (χ4v) is 4.64. The minimum atomic E-state index is -0.777. The van der Waals surface area contributed by atoms with Crippen molar-refractivity contribution in [2.45, 2.75) is 50.4 Å². The van der Waals surface area contributed by atoms with Crippen molar-refractivity contribution in [3.63, 3.8) is 0 Å². The molecule has 5 heteroatoms. The Hall–Kier alpha value is -2.43. The van der Waals surface area contributed by atoms with E-state index in [-0.39, 0.29) is 0 Å². The number of anilines is 1. The van der Waals surface area contributed by atoms with Crippen LogP contribution in [0.15, 0.2) is 47.6 Å². The molecular formula is C22H25FN4. The number of alkyl halides is 1. The highest BCUT2D eigenvalue weighted by Crippen LogP contribution is 2.35. The second-order valence-corrected chi connectivity index (χ2v) is 7.84. The summed E-state index contributed by atoms with van der Waals surface area (Å²) in [6.45, 7) is 1.12. The van der Waals surface area contributed by atoms with E-state index in [0.29, 0.717) is 31.6 Å². The quantitative estimate of drug-likeness (QED) is 0.896. The predicted molar refractivity (Wildman–Crippen MR) is 107 cm³/mol. The number of pyridine rings is 1. The first kappa shape index (κ1) is 16.7. The number of benzene rings is 1. The molecule has 3 atom stereocenters. The number of aromatic nitrogens is 1. The zero-order valence-electron chi connectivity index (χ0n) is 15.4. The van der Waals surface area contributed by atoms with Gasteiger partial charge in [0, 0.05) is 18.8 Å². The van der Waals surface area contributed by atoms with Gasteiger partial charge in [0.25, 0.3) is 0 Å². The highest BCUT2D eigenvalue weighted by atomic mass is 19.1. The lowest BCUT2D eigenvalue weighted by atomic mass is 9.92. The summed E-state index contributed by atoms with van der Waals surface area (Å²) in [5.74, 6) is 1.80. The van der Waals surface area contributed by atoms with Gasteiger partial charge in [0.2, 0.25) is 0 Å². The SMILES string of the molecule is F[C@H]1CCN(c2nccc(-c3ccccc3)c2C2=N[C@@H]3CCCC[C@H]3N2)C1. The molecule has 0 bridgehead atoms. The first-order chi connectivity index (χ1) is 13.3. The minimum Gasteiger partial charge on any atom is -0.365 e. The number of halogens is 1. The molecule has 2 fully saturated rings. The van der Waals surface area contributed by atoms with Crippen LogP contribution in [0.25, 0.3) is 11.1 Å². The summed E-state index contributed by atoms with van der Waals surface area (Å²) < 4.78 is 13.9. The molecule has 1 aromatic carbocycles. The standard InChI is InChI=1S/C22H25FN4/c23-16-11-13-27(14-16)22-20(21-25-18-8-4-5-9-19(18)26-21)17(10-12-24-22)15-6-2-1-3-7-15/h1-3,6-7,10,12,16,18-19H,4-5,8-9,11,13-14H2,(H,25,26)/t16-,18+,19+/m0/s1. The second kappa shape index (κ2) is 6.95. The summed E-state index contributed by atoms with van der Waals surface area (Å²) >= 11 is 0. The van der Waals surface area contributed by atoms with E-state index in [2.05, 4.69) is 45.5 Å². The molecule has 0 unspecified atom stereocenters. The highest BCUT2D eigenvalue weighted by molar-refractivity contribution is 6.09. The smallest absolute Gasteiger partial charge is 0.140 e. The van der Waals surface area contributed by atoms with Crippen LogP contribution in [0.5, 0.6) is 0 Å². The van der Waals surface area contributed by atoms with Gasteiger partial charge in [0.05, 0.1) is 18.2 Å². The van der Waals surface area contributed by atoms with Gasteiger partial charge in [-0.1, -0.05) is 43.2 Å². The molecule has 1 saturated heterocycles. The van der Waals surface area contributed by atoms with E-state index >= 15 is 0 Å². The monoisotopic (exact) mass is 364 g/mol. The molecule has 3 heterocycles. The first-order valence-corrected chi connectivity index (χ1v) is 10.1. The Balaban J connectivity index is 1.62. The van der Waals surface area contributed by atoms with Crippen molar-refractivity contribution in [1.29, 1.82) is 0 Å². The molecule has 5 rings (SSSR count). The Morgan fingerprint density at radius 3 is 2.67 bits per heavy atom. The molecular weight excluding hydrogens is 339 g/mol. The summed E-state index contributed by atoms with van der Waals surface area (Å²) in [4.78, 5) is 11.8. The molecule has 1 aliphatic carbocycles. The molecule has 4 nitrogen and oxygen atoms in total. The molecule has 2 aliphatic heterocycles. The molecule has 0 radical (unpaired) electrons. The van der Waals surface area contributed by atoms with Crippen LogP contribution >= 0.6 is 0 Å². The molecule has 1 saturated carbocycles. The summed E-state index contributed by atoms with van der Waals surface area (Å²) in [5.41, 5.74) is 3.30. The van der Waals surface area contributed by atoms with Crippen LogP contribution in [0.2, 0.25) is 0 Å². The molecule has 0 amide bonds. The lowest BCUT2D eigenvalue weighted by molar-refractivity contribution is 0.364. The number of nitrogens with one attached hydrogen (secondary N) is 1.